The number of amides is 5. The highest BCUT2D eigenvalue weighted by Gasteiger charge is 2.56. The molecule has 27 heavy (non-hydrogen) atoms. The summed E-state index contributed by atoms with van der Waals surface area (Å²) in [6.45, 7) is 1.06. The number of anilines is 1. The van der Waals surface area contributed by atoms with Crippen molar-refractivity contribution in [1.82, 2.24) is 15.1 Å². The number of carbonyl (C=O) groups excluding carboxylic acids is 4. The van der Waals surface area contributed by atoms with Crippen LogP contribution < -0.4 is 10.6 Å². The summed E-state index contributed by atoms with van der Waals surface area (Å²) in [7, 11) is 1.44. The number of para-hydroxylation sites is 1. The molecule has 1 saturated heterocycles. The van der Waals surface area contributed by atoms with Gasteiger partial charge >= 0.3 is 6.03 Å². The number of nitrogens with zero attached hydrogens (tertiary/aromatic N) is 2. The fraction of sp³-hybridized carbons (Fsp3) is 0.444. The average molecular weight is 393 g/mol. The molecule has 0 bridgehead atoms. The molecule has 0 aromatic heterocycles. The van der Waals surface area contributed by atoms with Gasteiger partial charge in [-0.15, -0.1) is 0 Å². The van der Waals surface area contributed by atoms with E-state index in [2.05, 4.69) is 10.6 Å². The molecular formula is C18H21ClN4O4. The fourth-order valence-electron chi connectivity index (χ4n) is 3.11. The molecule has 2 N–H and O–H groups in total. The van der Waals surface area contributed by atoms with Gasteiger partial charge in [0.1, 0.15) is 12.1 Å². The van der Waals surface area contributed by atoms with E-state index >= 15 is 0 Å². The van der Waals surface area contributed by atoms with Crippen molar-refractivity contribution in [2.75, 3.05) is 25.5 Å². The smallest absolute Gasteiger partial charge is 0.325 e. The van der Waals surface area contributed by atoms with Gasteiger partial charge in [-0.05, 0) is 37.8 Å². The summed E-state index contributed by atoms with van der Waals surface area (Å²) in [6, 6.07) is 6.18. The predicted molar refractivity (Wildman–Crippen MR) is 99.1 cm³/mol. The molecule has 1 aliphatic heterocycles. The first kappa shape index (κ1) is 19.2. The molecule has 1 aliphatic carbocycles. The summed E-state index contributed by atoms with van der Waals surface area (Å²) in [5.74, 6) is -1.21. The minimum absolute atomic E-state index is 0.119. The first-order valence-electron chi connectivity index (χ1n) is 8.65. The monoisotopic (exact) mass is 392 g/mol. The zero-order valence-electron chi connectivity index (χ0n) is 15.1. The van der Waals surface area contributed by atoms with Crippen LogP contribution in [0.3, 0.4) is 0 Å². The van der Waals surface area contributed by atoms with E-state index in [-0.39, 0.29) is 12.5 Å². The van der Waals surface area contributed by atoms with Crippen LogP contribution in [0.25, 0.3) is 0 Å². The largest absolute Gasteiger partial charge is 0.335 e. The van der Waals surface area contributed by atoms with Gasteiger partial charge in [0.25, 0.3) is 5.91 Å². The molecule has 0 radical (unpaired) electrons. The maximum absolute atomic E-state index is 12.6. The van der Waals surface area contributed by atoms with Gasteiger partial charge in [0.15, 0.2) is 0 Å². The van der Waals surface area contributed by atoms with Crippen LogP contribution >= 0.6 is 11.6 Å². The third-order valence-corrected chi connectivity index (χ3v) is 5.27. The summed E-state index contributed by atoms with van der Waals surface area (Å²) >= 11 is 5.99. The van der Waals surface area contributed by atoms with Crippen LogP contribution in [0.1, 0.15) is 19.8 Å². The maximum Gasteiger partial charge on any atom is 0.325 e. The van der Waals surface area contributed by atoms with E-state index in [9.17, 15) is 19.2 Å². The van der Waals surface area contributed by atoms with Gasteiger partial charge in [0, 0.05) is 7.05 Å². The summed E-state index contributed by atoms with van der Waals surface area (Å²) in [5.41, 5.74) is -0.489. The van der Waals surface area contributed by atoms with E-state index < -0.39 is 35.8 Å². The van der Waals surface area contributed by atoms with E-state index in [4.69, 9.17) is 11.6 Å². The molecule has 0 spiro atoms. The second-order valence-electron chi connectivity index (χ2n) is 7.08. The van der Waals surface area contributed by atoms with Crippen molar-refractivity contribution in [1.29, 1.82) is 0 Å². The maximum atomic E-state index is 12.6. The third kappa shape index (κ3) is 3.90. The van der Waals surface area contributed by atoms with Gasteiger partial charge in [0.05, 0.1) is 17.3 Å². The molecule has 1 aromatic rings. The van der Waals surface area contributed by atoms with Gasteiger partial charge in [-0.1, -0.05) is 23.7 Å². The van der Waals surface area contributed by atoms with Gasteiger partial charge in [0.2, 0.25) is 11.8 Å². The number of likely N-dealkylation sites (N-methyl/N-ethyl adjacent to an activating group) is 1. The Balaban J connectivity index is 1.56. The standard InChI is InChI=1S/C18H21ClN4O4/c1-18(11-7-8-11)16(26)23(17(27)21-18)10-15(25)22(2)9-14(24)20-13-6-4-3-5-12(13)19/h3-6,11H,7-10H2,1-2H3,(H,20,24)(H,21,27). The lowest BCUT2D eigenvalue weighted by Gasteiger charge is -2.22. The predicted octanol–water partition coefficient (Wildman–Crippen LogP) is 1.46. The van der Waals surface area contributed by atoms with Crippen LogP contribution in [-0.4, -0.2) is 59.2 Å². The van der Waals surface area contributed by atoms with Crippen molar-refractivity contribution in [3.63, 3.8) is 0 Å². The average Bonchev–Trinajstić information content (AvgIpc) is 3.43. The molecule has 8 nitrogen and oxygen atoms in total. The Morgan fingerprint density at radius 2 is 2.00 bits per heavy atom. The quantitative estimate of drug-likeness (QED) is 0.716. The number of hydrogen-bond acceptors (Lipinski definition) is 4. The van der Waals surface area contributed by atoms with Crippen LogP contribution in [0.15, 0.2) is 24.3 Å². The molecular weight excluding hydrogens is 372 g/mol. The number of rotatable bonds is 6. The second-order valence-corrected chi connectivity index (χ2v) is 7.48. The van der Waals surface area contributed by atoms with Crippen molar-refractivity contribution < 1.29 is 19.2 Å². The minimum Gasteiger partial charge on any atom is -0.335 e. The minimum atomic E-state index is -0.933. The second kappa shape index (κ2) is 7.19. The molecule has 1 aromatic carbocycles. The molecule has 1 heterocycles. The van der Waals surface area contributed by atoms with E-state index in [0.717, 1.165) is 17.7 Å². The molecule has 2 aliphatic rings. The number of carbonyl (C=O) groups is 4. The SMILES string of the molecule is CN(CC(=O)Nc1ccccc1Cl)C(=O)CN1C(=O)NC(C)(C2CC2)C1=O. The van der Waals surface area contributed by atoms with Gasteiger partial charge in [-0.3, -0.25) is 19.3 Å². The normalized spacial score (nSPS) is 21.8. The first-order chi connectivity index (χ1) is 12.7. The lowest BCUT2D eigenvalue weighted by atomic mass is 9.96. The lowest BCUT2D eigenvalue weighted by molar-refractivity contribution is -0.139. The Hall–Kier alpha value is -2.61. The van der Waals surface area contributed by atoms with Gasteiger partial charge in [-0.25, -0.2) is 4.79 Å². The topological polar surface area (TPSA) is 98.8 Å². The van der Waals surface area contributed by atoms with Crippen LogP contribution in [-0.2, 0) is 14.4 Å². The van der Waals surface area contributed by atoms with Crippen LogP contribution in [0.2, 0.25) is 5.02 Å². The third-order valence-electron chi connectivity index (χ3n) is 4.94. The zero-order chi connectivity index (χ0) is 19.8. The lowest BCUT2D eigenvalue weighted by Crippen LogP contribution is -2.47. The molecule has 3 rings (SSSR count). The number of nitrogens with one attached hydrogen (secondary N) is 2. The number of halogens is 1. The zero-order valence-corrected chi connectivity index (χ0v) is 15.9. The molecule has 1 atom stereocenters. The fourth-order valence-corrected chi connectivity index (χ4v) is 3.29. The Bertz CT molecular complexity index is 810. The highest BCUT2D eigenvalue weighted by atomic mass is 35.5. The number of imide groups is 1. The van der Waals surface area contributed by atoms with Crippen LogP contribution in [0.5, 0.6) is 0 Å². The highest BCUT2D eigenvalue weighted by molar-refractivity contribution is 6.33. The van der Waals surface area contributed by atoms with Crippen molar-refractivity contribution in [3.8, 4) is 0 Å². The Kier molecular flexibility index (Phi) is 5.10. The van der Waals surface area contributed by atoms with E-state index in [1.807, 2.05) is 0 Å². The number of urea groups is 1. The summed E-state index contributed by atoms with van der Waals surface area (Å²) in [5, 5.41) is 5.70. The summed E-state index contributed by atoms with van der Waals surface area (Å²) < 4.78 is 0. The van der Waals surface area contributed by atoms with Crippen LogP contribution in [0, 0.1) is 5.92 Å². The molecule has 144 valence electrons. The van der Waals surface area contributed by atoms with Crippen molar-refractivity contribution in [2.45, 2.75) is 25.3 Å². The van der Waals surface area contributed by atoms with Crippen molar-refractivity contribution in [2.24, 2.45) is 5.92 Å². The van der Waals surface area contributed by atoms with Crippen molar-refractivity contribution in [3.05, 3.63) is 29.3 Å². The number of hydrogen-bond donors (Lipinski definition) is 2. The number of benzene rings is 1. The molecule has 1 unspecified atom stereocenters. The van der Waals surface area contributed by atoms with Gasteiger partial charge < -0.3 is 15.5 Å². The Morgan fingerprint density at radius 1 is 1.33 bits per heavy atom. The van der Waals surface area contributed by atoms with E-state index in [0.29, 0.717) is 10.7 Å². The molecule has 5 amide bonds. The van der Waals surface area contributed by atoms with E-state index in [1.54, 1.807) is 31.2 Å². The molecule has 1 saturated carbocycles. The summed E-state index contributed by atoms with van der Waals surface area (Å²) in [4.78, 5) is 51.3. The Labute approximate surface area is 161 Å². The van der Waals surface area contributed by atoms with Gasteiger partial charge in [-0.2, -0.15) is 0 Å². The molecule has 2 fully saturated rings. The first-order valence-corrected chi connectivity index (χ1v) is 9.02. The summed E-state index contributed by atoms with van der Waals surface area (Å²) in [6.07, 6.45) is 1.76. The Morgan fingerprint density at radius 3 is 2.63 bits per heavy atom. The van der Waals surface area contributed by atoms with Crippen LogP contribution in [0.4, 0.5) is 10.5 Å². The van der Waals surface area contributed by atoms with Crippen molar-refractivity contribution >= 4 is 41.0 Å². The highest BCUT2D eigenvalue weighted by Crippen LogP contribution is 2.42. The van der Waals surface area contributed by atoms with E-state index in [1.165, 1.54) is 11.9 Å². The molecule has 9 heteroatoms.